The minimum atomic E-state index is -1.51. The Bertz CT molecular complexity index is 560. The van der Waals surface area contributed by atoms with Gasteiger partial charge in [0, 0.05) is 11.6 Å². The highest BCUT2D eigenvalue weighted by Gasteiger charge is 2.29. The minimum Gasteiger partial charge on any atom is -0.448 e. The average Bonchev–Trinajstić information content (AvgIpc) is 2.34. The summed E-state index contributed by atoms with van der Waals surface area (Å²) in [6, 6.07) is 0.591. The quantitative estimate of drug-likeness (QED) is 0.677. The Morgan fingerprint density at radius 1 is 1.32 bits per heavy atom. The van der Waals surface area contributed by atoms with E-state index >= 15 is 0 Å². The third-order valence-corrected chi connectivity index (χ3v) is 2.48. The Balaban J connectivity index is 3.03. The first-order chi connectivity index (χ1) is 10.1. The average molecular weight is 336 g/mol. The number of carbonyl (C=O) groups excluding carboxylic acids is 2. The molecule has 22 heavy (non-hydrogen) atoms. The second-order valence-electron chi connectivity index (χ2n) is 5.32. The molecule has 0 saturated heterocycles. The molecule has 1 aromatic rings. The molecule has 1 aromatic carbocycles. The van der Waals surface area contributed by atoms with Crippen molar-refractivity contribution in [1.29, 1.82) is 0 Å². The summed E-state index contributed by atoms with van der Waals surface area (Å²) in [7, 11) is 0. The van der Waals surface area contributed by atoms with Crippen LogP contribution >= 0.6 is 11.6 Å². The van der Waals surface area contributed by atoms with E-state index in [-0.39, 0.29) is 5.56 Å². The number of hydrogen-bond acceptors (Lipinski definition) is 4. The standard InChI is InChI=1S/C14H16ClF2NO4/c1-14(2,3)22-13(20)18-11(12(19)21-7-15)9-5-4-8(16)6-10(9)17/h4-6,11H,7H2,1-3H3,(H,18,20). The summed E-state index contributed by atoms with van der Waals surface area (Å²) < 4.78 is 36.3. The highest BCUT2D eigenvalue weighted by molar-refractivity contribution is 6.17. The van der Waals surface area contributed by atoms with Gasteiger partial charge >= 0.3 is 12.1 Å². The van der Waals surface area contributed by atoms with Gasteiger partial charge in [-0.3, -0.25) is 0 Å². The number of ether oxygens (including phenoxy) is 2. The van der Waals surface area contributed by atoms with Gasteiger partial charge in [0.1, 0.15) is 17.2 Å². The summed E-state index contributed by atoms with van der Waals surface area (Å²) in [5.41, 5.74) is -1.07. The van der Waals surface area contributed by atoms with E-state index in [0.29, 0.717) is 6.07 Å². The van der Waals surface area contributed by atoms with Crippen LogP contribution < -0.4 is 5.32 Å². The molecular formula is C14H16ClF2NO4. The maximum atomic E-state index is 13.8. The van der Waals surface area contributed by atoms with Crippen molar-refractivity contribution in [2.24, 2.45) is 0 Å². The second-order valence-corrected chi connectivity index (χ2v) is 5.54. The maximum Gasteiger partial charge on any atom is 0.408 e. The molecule has 0 saturated carbocycles. The number of rotatable bonds is 4. The van der Waals surface area contributed by atoms with Gasteiger partial charge in [-0.05, 0) is 26.8 Å². The number of hydrogen-bond donors (Lipinski definition) is 1. The van der Waals surface area contributed by atoms with Gasteiger partial charge in [0.2, 0.25) is 0 Å². The lowest BCUT2D eigenvalue weighted by atomic mass is 10.1. The van der Waals surface area contributed by atoms with E-state index in [1.165, 1.54) is 0 Å². The third-order valence-electron chi connectivity index (χ3n) is 2.37. The fraction of sp³-hybridized carbons (Fsp3) is 0.429. The largest absolute Gasteiger partial charge is 0.448 e. The smallest absolute Gasteiger partial charge is 0.408 e. The topological polar surface area (TPSA) is 64.6 Å². The number of carbonyl (C=O) groups is 2. The molecule has 0 aliphatic rings. The molecule has 0 fully saturated rings. The van der Waals surface area contributed by atoms with Crippen LogP contribution in [0, 0.1) is 11.6 Å². The van der Waals surface area contributed by atoms with Gasteiger partial charge in [0.05, 0.1) is 0 Å². The van der Waals surface area contributed by atoms with Crippen LogP contribution in [0.4, 0.5) is 13.6 Å². The van der Waals surface area contributed by atoms with Gasteiger partial charge in [-0.25, -0.2) is 18.4 Å². The number of nitrogens with one attached hydrogen (secondary N) is 1. The number of alkyl halides is 1. The molecular weight excluding hydrogens is 320 g/mol. The van der Waals surface area contributed by atoms with E-state index in [4.69, 9.17) is 16.3 Å². The van der Waals surface area contributed by atoms with Crippen molar-refractivity contribution in [1.82, 2.24) is 5.32 Å². The molecule has 1 amide bonds. The fourth-order valence-electron chi connectivity index (χ4n) is 1.56. The van der Waals surface area contributed by atoms with Crippen LogP contribution in [0.1, 0.15) is 32.4 Å². The Morgan fingerprint density at radius 2 is 1.95 bits per heavy atom. The maximum absolute atomic E-state index is 13.8. The summed E-state index contributed by atoms with van der Waals surface area (Å²) in [4.78, 5) is 23.6. The molecule has 1 unspecified atom stereocenters. The fourth-order valence-corrected chi connectivity index (χ4v) is 1.67. The number of alkyl carbamates (subject to hydrolysis) is 1. The highest BCUT2D eigenvalue weighted by Crippen LogP contribution is 2.20. The molecule has 122 valence electrons. The predicted octanol–water partition coefficient (Wildman–Crippen LogP) is 3.27. The molecule has 0 aromatic heterocycles. The lowest BCUT2D eigenvalue weighted by Crippen LogP contribution is -2.39. The van der Waals surface area contributed by atoms with Crippen LogP contribution in [0.15, 0.2) is 18.2 Å². The zero-order valence-corrected chi connectivity index (χ0v) is 13.0. The van der Waals surface area contributed by atoms with E-state index in [0.717, 1.165) is 12.1 Å². The normalized spacial score (nSPS) is 12.5. The summed E-state index contributed by atoms with van der Waals surface area (Å²) in [6.07, 6.45) is -0.951. The van der Waals surface area contributed by atoms with Crippen molar-refractivity contribution in [3.8, 4) is 0 Å². The molecule has 0 aliphatic carbocycles. The third kappa shape index (κ3) is 5.48. The first-order valence-corrected chi connectivity index (χ1v) is 6.84. The first-order valence-electron chi connectivity index (χ1n) is 6.31. The van der Waals surface area contributed by atoms with Crippen molar-refractivity contribution < 1.29 is 27.8 Å². The van der Waals surface area contributed by atoms with Gasteiger partial charge in [-0.2, -0.15) is 0 Å². The van der Waals surface area contributed by atoms with Crippen molar-refractivity contribution in [3.63, 3.8) is 0 Å². The lowest BCUT2D eigenvalue weighted by Gasteiger charge is -2.23. The number of amides is 1. The Hall–Kier alpha value is -1.89. The van der Waals surface area contributed by atoms with E-state index in [9.17, 15) is 18.4 Å². The summed E-state index contributed by atoms with van der Waals surface area (Å²) in [5, 5.41) is 2.18. The van der Waals surface area contributed by atoms with Crippen LogP contribution in [0.5, 0.6) is 0 Å². The minimum absolute atomic E-state index is 0.262. The van der Waals surface area contributed by atoms with E-state index in [1.807, 2.05) is 0 Å². The molecule has 0 radical (unpaired) electrons. The monoisotopic (exact) mass is 335 g/mol. The van der Waals surface area contributed by atoms with Crippen LogP contribution in [0.25, 0.3) is 0 Å². The van der Waals surface area contributed by atoms with Gasteiger partial charge in [-0.15, -0.1) is 0 Å². The summed E-state index contributed by atoms with van der Waals surface area (Å²) >= 11 is 5.30. The van der Waals surface area contributed by atoms with Crippen molar-refractivity contribution in [3.05, 3.63) is 35.4 Å². The number of benzene rings is 1. The SMILES string of the molecule is CC(C)(C)OC(=O)NC(C(=O)OCCl)c1ccc(F)cc1F. The summed E-state index contributed by atoms with van der Waals surface area (Å²) in [5.74, 6) is -2.82. The molecule has 0 spiro atoms. The van der Waals surface area contributed by atoms with Crippen LogP contribution in [-0.4, -0.2) is 23.7 Å². The molecule has 0 heterocycles. The number of esters is 1. The Morgan fingerprint density at radius 3 is 2.45 bits per heavy atom. The predicted molar refractivity (Wildman–Crippen MR) is 75.3 cm³/mol. The van der Waals surface area contributed by atoms with E-state index in [1.54, 1.807) is 20.8 Å². The molecule has 0 bridgehead atoms. The second kappa shape index (κ2) is 7.40. The zero-order valence-electron chi connectivity index (χ0n) is 12.3. The van der Waals surface area contributed by atoms with Crippen molar-refractivity contribution in [2.75, 3.05) is 6.07 Å². The zero-order chi connectivity index (χ0) is 16.9. The van der Waals surface area contributed by atoms with Gasteiger partial charge < -0.3 is 14.8 Å². The van der Waals surface area contributed by atoms with Crippen LogP contribution in [-0.2, 0) is 14.3 Å². The molecule has 1 N–H and O–H groups in total. The van der Waals surface area contributed by atoms with E-state index in [2.05, 4.69) is 10.1 Å². The van der Waals surface area contributed by atoms with Crippen LogP contribution in [0.2, 0.25) is 0 Å². The molecule has 5 nitrogen and oxygen atoms in total. The molecule has 1 atom stereocenters. The van der Waals surface area contributed by atoms with E-state index < -0.39 is 41.4 Å². The van der Waals surface area contributed by atoms with Crippen molar-refractivity contribution in [2.45, 2.75) is 32.4 Å². The Labute approximate surface area is 131 Å². The van der Waals surface area contributed by atoms with Crippen molar-refractivity contribution >= 4 is 23.7 Å². The first kappa shape index (κ1) is 18.2. The highest BCUT2D eigenvalue weighted by atomic mass is 35.5. The van der Waals surface area contributed by atoms with Crippen LogP contribution in [0.3, 0.4) is 0 Å². The molecule has 0 aliphatic heterocycles. The summed E-state index contributed by atoms with van der Waals surface area (Å²) in [6.45, 7) is 4.87. The Kier molecular flexibility index (Phi) is 6.11. The van der Waals surface area contributed by atoms with Gasteiger partial charge in [0.25, 0.3) is 0 Å². The number of halogens is 3. The molecule has 8 heteroatoms. The lowest BCUT2D eigenvalue weighted by molar-refractivity contribution is -0.144. The molecule has 1 rings (SSSR count). The van der Waals surface area contributed by atoms with Gasteiger partial charge in [-0.1, -0.05) is 17.7 Å². The van der Waals surface area contributed by atoms with Gasteiger partial charge in [0.15, 0.2) is 12.1 Å².